The molecular weight excluding hydrogens is 192 g/mol. The van der Waals surface area contributed by atoms with Gasteiger partial charge >= 0.3 is 5.97 Å². The van der Waals surface area contributed by atoms with Gasteiger partial charge in [-0.3, -0.25) is 4.79 Å². The average molecular weight is 214 g/mol. The second kappa shape index (κ2) is 4.47. The van der Waals surface area contributed by atoms with Gasteiger partial charge in [-0.25, -0.2) is 0 Å². The van der Waals surface area contributed by atoms with Gasteiger partial charge in [0, 0.05) is 0 Å². The van der Waals surface area contributed by atoms with Crippen molar-refractivity contribution in [3.05, 3.63) is 0 Å². The summed E-state index contributed by atoms with van der Waals surface area (Å²) in [7, 11) is 0.378. The molecule has 0 bridgehead atoms. The van der Waals surface area contributed by atoms with Crippen molar-refractivity contribution in [1.82, 2.24) is 0 Å². The molecule has 1 saturated carbocycles. The van der Waals surface area contributed by atoms with Crippen LogP contribution in [0.4, 0.5) is 0 Å². The fourth-order valence-corrected chi connectivity index (χ4v) is 7.64. The Balaban J connectivity index is 2.62. The van der Waals surface area contributed by atoms with Crippen molar-refractivity contribution in [3.63, 3.8) is 0 Å². The van der Waals surface area contributed by atoms with E-state index in [-0.39, 0.29) is 11.9 Å². The standard InChI is InChI=1S/C11H22O2Si/c1-5-14(6-2,7-3)10-8-9(10)11(12)13-4/h9-10H,5-8H2,1-4H3/t9-,10+/m1/s1. The number of esters is 1. The van der Waals surface area contributed by atoms with Crippen LogP contribution in [0.1, 0.15) is 27.2 Å². The Morgan fingerprint density at radius 1 is 1.29 bits per heavy atom. The third kappa shape index (κ3) is 1.87. The van der Waals surface area contributed by atoms with E-state index in [2.05, 4.69) is 20.8 Å². The molecule has 0 aromatic heterocycles. The first-order valence-corrected chi connectivity index (χ1v) is 8.42. The van der Waals surface area contributed by atoms with Crippen molar-refractivity contribution in [2.45, 2.75) is 50.9 Å². The molecular formula is C11H22O2Si. The molecule has 0 amide bonds. The molecule has 1 fully saturated rings. The van der Waals surface area contributed by atoms with E-state index >= 15 is 0 Å². The molecule has 3 heteroatoms. The first-order valence-electron chi connectivity index (χ1n) is 5.73. The summed E-state index contributed by atoms with van der Waals surface area (Å²) in [6.45, 7) is 6.89. The number of rotatable bonds is 5. The van der Waals surface area contributed by atoms with Gasteiger partial charge in [0.25, 0.3) is 0 Å². The van der Waals surface area contributed by atoms with E-state index in [1.54, 1.807) is 0 Å². The second-order valence-corrected chi connectivity index (χ2v) is 9.98. The van der Waals surface area contributed by atoms with Gasteiger partial charge in [0.1, 0.15) is 0 Å². The predicted octanol–water partition coefficient (Wildman–Crippen LogP) is 3.06. The third-order valence-electron chi connectivity index (χ3n) is 4.19. The van der Waals surface area contributed by atoms with Gasteiger partial charge in [0.05, 0.1) is 21.1 Å². The Morgan fingerprint density at radius 2 is 1.79 bits per heavy atom. The zero-order valence-corrected chi connectivity index (χ0v) is 10.8. The lowest BCUT2D eigenvalue weighted by Gasteiger charge is -2.28. The monoisotopic (exact) mass is 214 g/mol. The lowest BCUT2D eigenvalue weighted by Crippen LogP contribution is -2.33. The molecule has 1 aliphatic carbocycles. The molecule has 82 valence electrons. The zero-order chi connectivity index (χ0) is 10.8. The number of ether oxygens (including phenoxy) is 1. The first kappa shape index (κ1) is 11.8. The lowest BCUT2D eigenvalue weighted by atomic mass is 10.4. The number of carbonyl (C=O) groups is 1. The van der Waals surface area contributed by atoms with Crippen molar-refractivity contribution >= 4 is 14.0 Å². The molecule has 1 rings (SSSR count). The summed E-state index contributed by atoms with van der Waals surface area (Å²) in [5.41, 5.74) is 0.718. The van der Waals surface area contributed by atoms with Gasteiger partial charge < -0.3 is 4.74 Å². The number of hydrogen-bond acceptors (Lipinski definition) is 2. The first-order chi connectivity index (χ1) is 6.65. The Kier molecular flexibility index (Phi) is 3.76. The van der Waals surface area contributed by atoms with Gasteiger partial charge in [-0.05, 0) is 12.0 Å². The van der Waals surface area contributed by atoms with Gasteiger partial charge in [-0.2, -0.15) is 0 Å². The van der Waals surface area contributed by atoms with E-state index in [1.165, 1.54) is 25.2 Å². The Labute approximate surface area is 88.0 Å². The predicted molar refractivity (Wildman–Crippen MR) is 61.1 cm³/mol. The normalized spacial score (nSPS) is 26.0. The Morgan fingerprint density at radius 3 is 2.14 bits per heavy atom. The van der Waals surface area contributed by atoms with Crippen LogP contribution in [0, 0.1) is 5.92 Å². The molecule has 0 saturated heterocycles. The number of hydrogen-bond donors (Lipinski definition) is 0. The van der Waals surface area contributed by atoms with Gasteiger partial charge in [0.2, 0.25) is 0 Å². The van der Waals surface area contributed by atoms with Crippen LogP contribution in [0.15, 0.2) is 0 Å². The number of methoxy groups -OCH3 is 1. The third-order valence-corrected chi connectivity index (χ3v) is 10.6. The molecule has 0 unspecified atom stereocenters. The van der Waals surface area contributed by atoms with Gasteiger partial charge in [0.15, 0.2) is 0 Å². The average Bonchev–Trinajstić information content (AvgIpc) is 3.01. The van der Waals surface area contributed by atoms with Gasteiger partial charge in [-0.15, -0.1) is 0 Å². The molecule has 0 aromatic carbocycles. The van der Waals surface area contributed by atoms with Crippen molar-refractivity contribution < 1.29 is 9.53 Å². The number of carbonyl (C=O) groups excluding carboxylic acids is 1. The van der Waals surface area contributed by atoms with Crippen LogP contribution >= 0.6 is 0 Å². The molecule has 14 heavy (non-hydrogen) atoms. The molecule has 2 nitrogen and oxygen atoms in total. The minimum absolute atomic E-state index is 0.0298. The maximum absolute atomic E-state index is 11.4. The summed E-state index contributed by atoms with van der Waals surface area (Å²) in [4.78, 5) is 11.4. The second-order valence-electron chi connectivity index (χ2n) is 4.39. The largest absolute Gasteiger partial charge is 0.469 e. The van der Waals surface area contributed by atoms with Crippen LogP contribution in [-0.2, 0) is 9.53 Å². The fraction of sp³-hybridized carbons (Fsp3) is 0.909. The van der Waals surface area contributed by atoms with E-state index in [1.807, 2.05) is 0 Å². The van der Waals surface area contributed by atoms with Crippen LogP contribution in [0.25, 0.3) is 0 Å². The minimum Gasteiger partial charge on any atom is -0.469 e. The zero-order valence-electron chi connectivity index (χ0n) is 9.80. The Bertz CT molecular complexity index is 203. The van der Waals surface area contributed by atoms with E-state index in [9.17, 15) is 4.79 Å². The molecule has 1 aliphatic rings. The molecule has 0 radical (unpaired) electrons. The highest BCUT2D eigenvalue weighted by atomic mass is 28.3. The highest BCUT2D eigenvalue weighted by Gasteiger charge is 2.54. The summed E-state index contributed by atoms with van der Waals surface area (Å²) in [5.74, 6) is 0.286. The van der Waals surface area contributed by atoms with Crippen molar-refractivity contribution in [2.75, 3.05) is 7.11 Å². The van der Waals surface area contributed by atoms with Crippen molar-refractivity contribution in [3.8, 4) is 0 Å². The molecule has 0 aromatic rings. The van der Waals surface area contributed by atoms with E-state index in [0.29, 0.717) is 0 Å². The minimum atomic E-state index is -1.13. The summed E-state index contributed by atoms with van der Waals surface area (Å²) >= 11 is 0. The molecule has 0 heterocycles. The summed E-state index contributed by atoms with van der Waals surface area (Å²) < 4.78 is 4.82. The van der Waals surface area contributed by atoms with Crippen LogP contribution < -0.4 is 0 Å². The van der Waals surface area contributed by atoms with Crippen LogP contribution in [-0.4, -0.2) is 21.2 Å². The van der Waals surface area contributed by atoms with E-state index in [4.69, 9.17) is 4.74 Å². The van der Waals surface area contributed by atoms with Gasteiger partial charge in [-0.1, -0.05) is 38.9 Å². The van der Waals surface area contributed by atoms with Crippen molar-refractivity contribution in [1.29, 1.82) is 0 Å². The molecule has 0 N–H and O–H groups in total. The topological polar surface area (TPSA) is 26.3 Å². The van der Waals surface area contributed by atoms with E-state index in [0.717, 1.165) is 12.0 Å². The lowest BCUT2D eigenvalue weighted by molar-refractivity contribution is -0.142. The Hall–Kier alpha value is -0.313. The quantitative estimate of drug-likeness (QED) is 0.519. The van der Waals surface area contributed by atoms with Crippen LogP contribution in [0.5, 0.6) is 0 Å². The molecule has 0 spiro atoms. The fourth-order valence-electron chi connectivity index (χ4n) is 2.82. The molecule has 2 atom stereocenters. The van der Waals surface area contributed by atoms with E-state index < -0.39 is 8.07 Å². The summed E-state index contributed by atoms with van der Waals surface area (Å²) in [5, 5.41) is 0. The maximum Gasteiger partial charge on any atom is 0.308 e. The summed E-state index contributed by atoms with van der Waals surface area (Å²) in [6, 6.07) is 3.95. The highest BCUT2D eigenvalue weighted by molar-refractivity contribution is 6.82. The van der Waals surface area contributed by atoms with Crippen molar-refractivity contribution in [2.24, 2.45) is 5.92 Å². The maximum atomic E-state index is 11.4. The summed E-state index contributed by atoms with van der Waals surface area (Å²) in [6.07, 6.45) is 1.11. The van der Waals surface area contributed by atoms with Crippen LogP contribution in [0.3, 0.4) is 0 Å². The highest BCUT2D eigenvalue weighted by Crippen LogP contribution is 2.56. The smallest absolute Gasteiger partial charge is 0.308 e. The SMILES string of the molecule is CC[Si](CC)(CC)[C@H]1C[C@H]1C(=O)OC. The van der Waals surface area contributed by atoms with Crippen LogP contribution in [0.2, 0.25) is 23.7 Å². The molecule has 0 aliphatic heterocycles.